The van der Waals surface area contributed by atoms with E-state index in [1.54, 1.807) is 0 Å². The predicted octanol–water partition coefficient (Wildman–Crippen LogP) is 1.98. The summed E-state index contributed by atoms with van der Waals surface area (Å²) in [5.41, 5.74) is 3.91. The van der Waals surface area contributed by atoms with Crippen LogP contribution >= 0.6 is 0 Å². The second-order valence-electron chi connectivity index (χ2n) is 4.70. The maximum atomic E-state index is 5.47. The molecule has 1 N–H and O–H groups in total. The molecule has 3 rings (SSSR count). The molecule has 0 atom stereocenters. The standard InChI is InChI=1S/C14H18N2O2/c1-9-10(4-5-15-2)11-6-13-14(18-8-17-13)7-12(11)16(9)3/h6-7,15H,4-5,8H2,1-3H3. The van der Waals surface area contributed by atoms with Gasteiger partial charge in [0.15, 0.2) is 11.5 Å². The molecule has 0 spiro atoms. The normalized spacial score (nSPS) is 13.5. The molecule has 2 aromatic rings. The minimum Gasteiger partial charge on any atom is -0.454 e. The Morgan fingerprint density at radius 3 is 2.72 bits per heavy atom. The molecule has 0 radical (unpaired) electrons. The van der Waals surface area contributed by atoms with E-state index in [-0.39, 0.29) is 0 Å². The van der Waals surface area contributed by atoms with Crippen LogP contribution in [0.1, 0.15) is 11.3 Å². The lowest BCUT2D eigenvalue weighted by atomic mass is 10.1. The monoisotopic (exact) mass is 246 g/mol. The molecule has 4 nitrogen and oxygen atoms in total. The fourth-order valence-electron chi connectivity index (χ4n) is 2.59. The summed E-state index contributed by atoms with van der Waals surface area (Å²) in [6.07, 6.45) is 1.03. The molecule has 0 amide bonds. The van der Waals surface area contributed by atoms with Crippen molar-refractivity contribution >= 4 is 10.9 Å². The Kier molecular flexibility index (Phi) is 2.67. The third-order valence-electron chi connectivity index (χ3n) is 3.74. The number of hydrogen-bond acceptors (Lipinski definition) is 3. The average molecular weight is 246 g/mol. The fraction of sp³-hybridized carbons (Fsp3) is 0.429. The van der Waals surface area contributed by atoms with Crippen LogP contribution in [-0.4, -0.2) is 25.0 Å². The summed E-state index contributed by atoms with van der Waals surface area (Å²) in [7, 11) is 4.08. The van der Waals surface area contributed by atoms with Crippen molar-refractivity contribution in [2.75, 3.05) is 20.4 Å². The highest BCUT2D eigenvalue weighted by Crippen LogP contribution is 2.38. The minimum atomic E-state index is 0.330. The van der Waals surface area contributed by atoms with Crippen molar-refractivity contribution < 1.29 is 9.47 Å². The number of hydrogen-bond donors (Lipinski definition) is 1. The van der Waals surface area contributed by atoms with E-state index in [0.717, 1.165) is 24.5 Å². The third kappa shape index (κ3) is 1.56. The van der Waals surface area contributed by atoms with Crippen molar-refractivity contribution in [1.82, 2.24) is 9.88 Å². The molecule has 2 heterocycles. The topological polar surface area (TPSA) is 35.4 Å². The zero-order chi connectivity index (χ0) is 12.7. The smallest absolute Gasteiger partial charge is 0.231 e. The van der Waals surface area contributed by atoms with E-state index >= 15 is 0 Å². The lowest BCUT2D eigenvalue weighted by Gasteiger charge is -2.02. The lowest BCUT2D eigenvalue weighted by Crippen LogP contribution is -2.10. The van der Waals surface area contributed by atoms with E-state index in [4.69, 9.17) is 9.47 Å². The predicted molar refractivity (Wildman–Crippen MR) is 71.4 cm³/mol. The van der Waals surface area contributed by atoms with E-state index in [9.17, 15) is 0 Å². The SMILES string of the molecule is CNCCc1c(C)n(C)c2cc3c(cc12)OCO3. The van der Waals surface area contributed by atoms with E-state index in [1.165, 1.54) is 22.2 Å². The van der Waals surface area contributed by atoms with Crippen LogP contribution in [0.25, 0.3) is 10.9 Å². The first kappa shape index (κ1) is 11.4. The first-order valence-corrected chi connectivity index (χ1v) is 6.24. The molecule has 0 saturated heterocycles. The molecule has 4 heteroatoms. The van der Waals surface area contributed by atoms with Gasteiger partial charge in [-0.1, -0.05) is 0 Å². The second-order valence-corrected chi connectivity index (χ2v) is 4.70. The van der Waals surface area contributed by atoms with Crippen molar-refractivity contribution in [1.29, 1.82) is 0 Å². The lowest BCUT2D eigenvalue weighted by molar-refractivity contribution is 0.174. The van der Waals surface area contributed by atoms with E-state index in [0.29, 0.717) is 6.79 Å². The van der Waals surface area contributed by atoms with Crippen molar-refractivity contribution in [2.45, 2.75) is 13.3 Å². The summed E-state index contributed by atoms with van der Waals surface area (Å²) in [5, 5.41) is 4.48. The summed E-state index contributed by atoms with van der Waals surface area (Å²) in [4.78, 5) is 0. The molecule has 96 valence electrons. The Morgan fingerprint density at radius 2 is 2.00 bits per heavy atom. The van der Waals surface area contributed by atoms with Crippen LogP contribution in [0, 0.1) is 6.92 Å². The number of fused-ring (bicyclic) bond motifs is 2. The maximum absolute atomic E-state index is 5.47. The van der Waals surface area contributed by atoms with Gasteiger partial charge in [-0.15, -0.1) is 0 Å². The van der Waals surface area contributed by atoms with Gasteiger partial charge in [-0.25, -0.2) is 0 Å². The van der Waals surface area contributed by atoms with Gasteiger partial charge in [0.25, 0.3) is 0 Å². The summed E-state index contributed by atoms with van der Waals surface area (Å²) >= 11 is 0. The Bertz CT molecular complexity index is 602. The Labute approximate surface area is 106 Å². The van der Waals surface area contributed by atoms with E-state index in [2.05, 4.69) is 36.0 Å². The van der Waals surface area contributed by atoms with Crippen LogP contribution < -0.4 is 14.8 Å². The van der Waals surface area contributed by atoms with Crippen LogP contribution in [0.3, 0.4) is 0 Å². The van der Waals surface area contributed by atoms with Gasteiger partial charge in [0, 0.05) is 24.2 Å². The highest BCUT2D eigenvalue weighted by molar-refractivity contribution is 5.89. The molecule has 18 heavy (non-hydrogen) atoms. The molecule has 0 aliphatic carbocycles. The average Bonchev–Trinajstić information content (AvgIpc) is 2.91. The van der Waals surface area contributed by atoms with Gasteiger partial charge in [0.2, 0.25) is 6.79 Å². The van der Waals surface area contributed by atoms with Gasteiger partial charge >= 0.3 is 0 Å². The first-order valence-electron chi connectivity index (χ1n) is 6.24. The summed E-state index contributed by atoms with van der Waals surface area (Å²) in [6.45, 7) is 3.47. The number of aromatic nitrogens is 1. The number of nitrogens with zero attached hydrogens (tertiary/aromatic N) is 1. The molecule has 0 unspecified atom stereocenters. The molecular formula is C14H18N2O2. The number of ether oxygens (including phenoxy) is 2. The molecule has 0 fully saturated rings. The van der Waals surface area contributed by atoms with Gasteiger partial charge in [-0.3, -0.25) is 0 Å². The van der Waals surface area contributed by atoms with Crippen molar-refractivity contribution in [3.05, 3.63) is 23.4 Å². The van der Waals surface area contributed by atoms with Crippen LogP contribution in [-0.2, 0) is 13.5 Å². The highest BCUT2D eigenvalue weighted by Gasteiger charge is 2.19. The van der Waals surface area contributed by atoms with Crippen LogP contribution in [0.2, 0.25) is 0 Å². The molecule has 1 aliphatic heterocycles. The molecule has 0 saturated carbocycles. The Hall–Kier alpha value is -1.68. The Balaban J connectivity index is 2.19. The van der Waals surface area contributed by atoms with Gasteiger partial charge in [-0.2, -0.15) is 0 Å². The molecule has 1 aliphatic rings. The zero-order valence-corrected chi connectivity index (χ0v) is 11.0. The summed E-state index contributed by atoms with van der Waals surface area (Å²) in [5.74, 6) is 1.71. The highest BCUT2D eigenvalue weighted by atomic mass is 16.7. The van der Waals surface area contributed by atoms with E-state index in [1.807, 2.05) is 7.05 Å². The summed E-state index contributed by atoms with van der Waals surface area (Å²) in [6, 6.07) is 4.18. The van der Waals surface area contributed by atoms with Crippen molar-refractivity contribution in [2.24, 2.45) is 7.05 Å². The molecule has 1 aromatic carbocycles. The largest absolute Gasteiger partial charge is 0.454 e. The number of nitrogens with one attached hydrogen (secondary N) is 1. The van der Waals surface area contributed by atoms with Crippen LogP contribution in [0.15, 0.2) is 12.1 Å². The number of likely N-dealkylation sites (N-methyl/N-ethyl adjacent to an activating group) is 1. The second kappa shape index (κ2) is 4.21. The third-order valence-corrected chi connectivity index (χ3v) is 3.74. The summed E-state index contributed by atoms with van der Waals surface area (Å²) < 4.78 is 13.1. The van der Waals surface area contributed by atoms with Gasteiger partial charge in [0.05, 0.1) is 5.52 Å². The minimum absolute atomic E-state index is 0.330. The Morgan fingerprint density at radius 1 is 1.28 bits per heavy atom. The van der Waals surface area contributed by atoms with E-state index < -0.39 is 0 Å². The van der Waals surface area contributed by atoms with Crippen molar-refractivity contribution in [3.63, 3.8) is 0 Å². The quantitative estimate of drug-likeness (QED) is 0.899. The number of aryl methyl sites for hydroxylation is 1. The molecular weight excluding hydrogens is 228 g/mol. The van der Waals surface area contributed by atoms with Gasteiger partial charge in [0.1, 0.15) is 0 Å². The first-order chi connectivity index (χ1) is 8.72. The number of rotatable bonds is 3. The maximum Gasteiger partial charge on any atom is 0.231 e. The fourth-order valence-corrected chi connectivity index (χ4v) is 2.59. The van der Waals surface area contributed by atoms with Gasteiger partial charge in [-0.05, 0) is 38.6 Å². The van der Waals surface area contributed by atoms with Gasteiger partial charge < -0.3 is 19.4 Å². The molecule has 1 aromatic heterocycles. The van der Waals surface area contributed by atoms with Crippen molar-refractivity contribution in [3.8, 4) is 11.5 Å². The molecule has 0 bridgehead atoms. The zero-order valence-electron chi connectivity index (χ0n) is 11.0. The van der Waals surface area contributed by atoms with Crippen LogP contribution in [0.5, 0.6) is 11.5 Å². The number of benzene rings is 1. The van der Waals surface area contributed by atoms with Crippen LogP contribution in [0.4, 0.5) is 0 Å².